The minimum atomic E-state index is -0.193. The Morgan fingerprint density at radius 1 is 1.00 bits per heavy atom. The van der Waals surface area contributed by atoms with E-state index in [-0.39, 0.29) is 5.38 Å². The van der Waals surface area contributed by atoms with Crippen molar-refractivity contribution >= 4 is 33.4 Å². The highest BCUT2D eigenvalue weighted by Crippen LogP contribution is 2.34. The molecule has 4 aromatic rings. The SMILES string of the molecule is Cc1occc1C(Cl)c1ccc2[nH]c3ccccc3c2c1. The molecule has 2 heterocycles. The summed E-state index contributed by atoms with van der Waals surface area (Å²) in [5.41, 5.74) is 4.39. The van der Waals surface area contributed by atoms with Crippen molar-refractivity contribution in [3.8, 4) is 0 Å². The summed E-state index contributed by atoms with van der Waals surface area (Å²) in [6.45, 7) is 1.94. The number of H-pyrrole nitrogens is 1. The zero-order chi connectivity index (χ0) is 14.4. The van der Waals surface area contributed by atoms with Gasteiger partial charge in [0.2, 0.25) is 0 Å². The molecule has 0 spiro atoms. The van der Waals surface area contributed by atoms with Crippen molar-refractivity contribution in [1.82, 2.24) is 4.98 Å². The van der Waals surface area contributed by atoms with Crippen molar-refractivity contribution in [2.24, 2.45) is 0 Å². The van der Waals surface area contributed by atoms with Crippen molar-refractivity contribution in [2.75, 3.05) is 0 Å². The number of aromatic nitrogens is 1. The van der Waals surface area contributed by atoms with Gasteiger partial charge >= 0.3 is 0 Å². The average molecular weight is 296 g/mol. The van der Waals surface area contributed by atoms with Crippen LogP contribution >= 0.6 is 11.6 Å². The van der Waals surface area contributed by atoms with E-state index in [2.05, 4.69) is 41.4 Å². The molecule has 104 valence electrons. The summed E-state index contributed by atoms with van der Waals surface area (Å²) in [5, 5.41) is 2.24. The van der Waals surface area contributed by atoms with Crippen LogP contribution in [0.4, 0.5) is 0 Å². The van der Waals surface area contributed by atoms with Gasteiger partial charge in [0.05, 0.1) is 11.6 Å². The molecule has 2 nitrogen and oxygen atoms in total. The number of aryl methyl sites for hydroxylation is 1. The lowest BCUT2D eigenvalue weighted by Crippen LogP contribution is -1.93. The number of halogens is 1. The molecule has 2 aromatic heterocycles. The standard InChI is InChI=1S/C18H14ClNO/c1-11-13(8-9-21-11)18(19)12-6-7-17-15(10-12)14-4-2-3-5-16(14)20-17/h2-10,18,20H,1H3. The van der Waals surface area contributed by atoms with Crippen LogP contribution in [0.15, 0.2) is 59.2 Å². The predicted molar refractivity (Wildman–Crippen MR) is 86.9 cm³/mol. The van der Waals surface area contributed by atoms with E-state index in [4.69, 9.17) is 16.0 Å². The minimum Gasteiger partial charge on any atom is -0.469 e. The van der Waals surface area contributed by atoms with Crippen LogP contribution in [0, 0.1) is 6.92 Å². The van der Waals surface area contributed by atoms with Gasteiger partial charge < -0.3 is 9.40 Å². The molecule has 0 radical (unpaired) electrons. The maximum Gasteiger partial charge on any atom is 0.105 e. The van der Waals surface area contributed by atoms with E-state index in [1.54, 1.807) is 6.26 Å². The molecule has 1 unspecified atom stereocenters. The van der Waals surface area contributed by atoms with Gasteiger partial charge in [-0.2, -0.15) is 0 Å². The molecule has 0 aliphatic rings. The number of nitrogens with one attached hydrogen (secondary N) is 1. The predicted octanol–water partition coefficient (Wildman–Crippen LogP) is 5.55. The summed E-state index contributed by atoms with van der Waals surface area (Å²) in [4.78, 5) is 3.43. The molecule has 0 saturated carbocycles. The molecule has 0 fully saturated rings. The van der Waals surface area contributed by atoms with Crippen LogP contribution in [0.25, 0.3) is 21.8 Å². The largest absolute Gasteiger partial charge is 0.469 e. The summed E-state index contributed by atoms with van der Waals surface area (Å²) in [5.74, 6) is 0.869. The third kappa shape index (κ3) is 1.95. The van der Waals surface area contributed by atoms with E-state index in [1.807, 2.05) is 19.1 Å². The molecule has 0 aliphatic heterocycles. The van der Waals surface area contributed by atoms with Crippen molar-refractivity contribution < 1.29 is 4.42 Å². The third-order valence-electron chi connectivity index (χ3n) is 3.99. The highest BCUT2D eigenvalue weighted by molar-refractivity contribution is 6.23. The van der Waals surface area contributed by atoms with E-state index in [0.717, 1.165) is 27.9 Å². The first-order chi connectivity index (χ1) is 10.2. The number of benzene rings is 2. The van der Waals surface area contributed by atoms with Crippen LogP contribution < -0.4 is 0 Å². The van der Waals surface area contributed by atoms with Gasteiger partial charge in [0.15, 0.2) is 0 Å². The van der Waals surface area contributed by atoms with Gasteiger partial charge in [-0.1, -0.05) is 24.3 Å². The molecular weight excluding hydrogens is 282 g/mol. The van der Waals surface area contributed by atoms with Gasteiger partial charge in [0.1, 0.15) is 5.76 Å². The molecule has 0 aliphatic carbocycles. The first kappa shape index (κ1) is 12.5. The molecule has 0 amide bonds. The first-order valence-corrected chi connectivity index (χ1v) is 7.36. The van der Waals surface area contributed by atoms with Gasteiger partial charge in [0.25, 0.3) is 0 Å². The van der Waals surface area contributed by atoms with E-state index < -0.39 is 0 Å². The number of hydrogen-bond donors (Lipinski definition) is 1. The van der Waals surface area contributed by atoms with Crippen molar-refractivity contribution in [1.29, 1.82) is 0 Å². The fourth-order valence-electron chi connectivity index (χ4n) is 2.86. The Hall–Kier alpha value is -2.19. The second-order valence-corrected chi connectivity index (χ2v) is 5.71. The number of furan rings is 1. The number of fused-ring (bicyclic) bond motifs is 3. The fraction of sp³-hybridized carbons (Fsp3) is 0.111. The molecule has 0 saturated heterocycles. The van der Waals surface area contributed by atoms with E-state index >= 15 is 0 Å². The zero-order valence-electron chi connectivity index (χ0n) is 11.6. The lowest BCUT2D eigenvalue weighted by molar-refractivity contribution is 0.530. The number of aromatic amines is 1. The van der Waals surface area contributed by atoms with Gasteiger partial charge in [0, 0.05) is 27.4 Å². The summed E-state index contributed by atoms with van der Waals surface area (Å²) in [7, 11) is 0. The second kappa shape index (κ2) is 4.68. The highest BCUT2D eigenvalue weighted by Gasteiger charge is 2.16. The normalized spacial score (nSPS) is 13.0. The monoisotopic (exact) mass is 295 g/mol. The second-order valence-electron chi connectivity index (χ2n) is 5.27. The van der Waals surface area contributed by atoms with Crippen LogP contribution in [-0.2, 0) is 0 Å². The van der Waals surface area contributed by atoms with Crippen molar-refractivity contribution in [2.45, 2.75) is 12.3 Å². The van der Waals surface area contributed by atoms with Crippen molar-refractivity contribution in [3.05, 3.63) is 71.7 Å². The Balaban J connectivity index is 1.90. The third-order valence-corrected chi connectivity index (χ3v) is 4.48. The Labute approximate surface area is 127 Å². The number of rotatable bonds is 2. The quantitative estimate of drug-likeness (QED) is 0.483. The summed E-state index contributed by atoms with van der Waals surface area (Å²) >= 11 is 6.63. The summed E-state index contributed by atoms with van der Waals surface area (Å²) < 4.78 is 5.36. The Kier molecular flexibility index (Phi) is 2.79. The van der Waals surface area contributed by atoms with Gasteiger partial charge in [-0.3, -0.25) is 0 Å². The average Bonchev–Trinajstić information content (AvgIpc) is 3.09. The Morgan fingerprint density at radius 3 is 2.62 bits per heavy atom. The summed E-state index contributed by atoms with van der Waals surface area (Å²) in [6.07, 6.45) is 1.68. The van der Waals surface area contributed by atoms with Crippen LogP contribution in [0.5, 0.6) is 0 Å². The molecule has 2 aromatic carbocycles. The summed E-state index contributed by atoms with van der Waals surface area (Å²) in [6, 6.07) is 16.6. The van der Waals surface area contributed by atoms with Gasteiger partial charge in [-0.05, 0) is 36.8 Å². The molecular formula is C18H14ClNO. The van der Waals surface area contributed by atoms with Crippen LogP contribution in [0.2, 0.25) is 0 Å². The van der Waals surface area contributed by atoms with Crippen molar-refractivity contribution in [3.63, 3.8) is 0 Å². The minimum absolute atomic E-state index is 0.193. The fourth-order valence-corrected chi connectivity index (χ4v) is 3.22. The maximum absolute atomic E-state index is 6.63. The lowest BCUT2D eigenvalue weighted by atomic mass is 10.0. The number of alkyl halides is 1. The molecule has 3 heteroatoms. The van der Waals surface area contributed by atoms with E-state index in [1.165, 1.54) is 10.8 Å². The topological polar surface area (TPSA) is 28.9 Å². The maximum atomic E-state index is 6.63. The molecule has 0 bridgehead atoms. The zero-order valence-corrected chi connectivity index (χ0v) is 12.3. The smallest absolute Gasteiger partial charge is 0.105 e. The van der Waals surface area contributed by atoms with Crippen LogP contribution in [0.3, 0.4) is 0 Å². The molecule has 1 N–H and O–H groups in total. The van der Waals surface area contributed by atoms with Gasteiger partial charge in [-0.25, -0.2) is 0 Å². The van der Waals surface area contributed by atoms with Crippen LogP contribution in [0.1, 0.15) is 22.3 Å². The lowest BCUT2D eigenvalue weighted by Gasteiger charge is -2.09. The number of hydrogen-bond acceptors (Lipinski definition) is 1. The van der Waals surface area contributed by atoms with Gasteiger partial charge in [-0.15, -0.1) is 11.6 Å². The van der Waals surface area contributed by atoms with E-state index in [9.17, 15) is 0 Å². The molecule has 4 rings (SSSR count). The molecule has 21 heavy (non-hydrogen) atoms. The Morgan fingerprint density at radius 2 is 1.81 bits per heavy atom. The molecule has 1 atom stereocenters. The first-order valence-electron chi connectivity index (χ1n) is 6.92. The van der Waals surface area contributed by atoms with E-state index in [0.29, 0.717) is 0 Å². The number of para-hydroxylation sites is 1. The Bertz CT molecular complexity index is 935. The van der Waals surface area contributed by atoms with Crippen LogP contribution in [-0.4, -0.2) is 4.98 Å². The highest BCUT2D eigenvalue weighted by atomic mass is 35.5.